The molecule has 3 aromatic rings. The van der Waals surface area contributed by atoms with Crippen molar-refractivity contribution in [2.24, 2.45) is 0 Å². The number of halogens is 3. The molecule has 0 aromatic heterocycles. The standard InChI is InChI=1S/C28H25F3N4O3/c29-28(30,31)20-8-6-19(7-9-20)26(25-23-16-22(35(37)38)12-13-24(23)33-27(25)36)32-21-10-4-18(5-11-21)17-34-14-2-1-3-15-34/h4-13,16,32H,1-3,14-15,17H2,(H,33,36). The minimum atomic E-state index is -4.51. The van der Waals surface area contributed by atoms with Gasteiger partial charge in [0.25, 0.3) is 11.6 Å². The molecule has 10 heteroatoms. The lowest BCUT2D eigenvalue weighted by Crippen LogP contribution is -2.29. The second kappa shape index (κ2) is 10.3. The van der Waals surface area contributed by atoms with Crippen LogP contribution in [0.2, 0.25) is 0 Å². The number of fused-ring (bicyclic) bond motifs is 1. The minimum Gasteiger partial charge on any atom is -0.354 e. The first-order chi connectivity index (χ1) is 18.2. The Kier molecular flexibility index (Phi) is 6.90. The highest BCUT2D eigenvalue weighted by Gasteiger charge is 2.32. The summed E-state index contributed by atoms with van der Waals surface area (Å²) in [5.41, 5.74) is 2.11. The van der Waals surface area contributed by atoms with Crippen LogP contribution < -0.4 is 10.6 Å². The minimum absolute atomic E-state index is 0.112. The second-order valence-corrected chi connectivity index (χ2v) is 9.42. The van der Waals surface area contributed by atoms with Crippen LogP contribution in [0.15, 0.2) is 66.7 Å². The molecule has 0 unspecified atom stereocenters. The number of carbonyl (C=O) groups is 1. The maximum absolute atomic E-state index is 13.2. The van der Waals surface area contributed by atoms with Crippen molar-refractivity contribution in [3.05, 3.63) is 99.1 Å². The molecular weight excluding hydrogens is 497 g/mol. The number of piperidine rings is 1. The summed E-state index contributed by atoms with van der Waals surface area (Å²) in [5.74, 6) is -0.510. The molecule has 1 saturated heterocycles. The average Bonchev–Trinajstić information content (AvgIpc) is 3.23. The molecule has 0 atom stereocenters. The van der Waals surface area contributed by atoms with Gasteiger partial charge in [0.05, 0.1) is 21.8 Å². The largest absolute Gasteiger partial charge is 0.416 e. The number of anilines is 2. The van der Waals surface area contributed by atoms with Crippen LogP contribution in [0.4, 0.5) is 30.2 Å². The van der Waals surface area contributed by atoms with E-state index in [2.05, 4.69) is 15.5 Å². The van der Waals surface area contributed by atoms with E-state index < -0.39 is 22.6 Å². The highest BCUT2D eigenvalue weighted by Crippen LogP contribution is 2.40. The molecule has 38 heavy (non-hydrogen) atoms. The Morgan fingerprint density at radius 3 is 2.29 bits per heavy atom. The summed E-state index contributed by atoms with van der Waals surface area (Å²) < 4.78 is 39.6. The molecule has 7 nitrogen and oxygen atoms in total. The molecule has 0 spiro atoms. The summed E-state index contributed by atoms with van der Waals surface area (Å²) in [6, 6.07) is 16.1. The molecule has 3 aromatic carbocycles. The zero-order valence-electron chi connectivity index (χ0n) is 20.3. The van der Waals surface area contributed by atoms with Gasteiger partial charge in [0.1, 0.15) is 0 Å². The third-order valence-electron chi connectivity index (χ3n) is 6.79. The number of non-ortho nitro benzene ring substituents is 1. The van der Waals surface area contributed by atoms with Crippen LogP contribution in [0, 0.1) is 10.1 Å². The number of nitro benzene ring substituents is 1. The number of nitrogens with zero attached hydrogens (tertiary/aromatic N) is 2. The van der Waals surface area contributed by atoms with E-state index in [0.29, 0.717) is 22.5 Å². The van der Waals surface area contributed by atoms with Crippen LogP contribution in [0.3, 0.4) is 0 Å². The van der Waals surface area contributed by atoms with Gasteiger partial charge in [-0.25, -0.2) is 0 Å². The normalized spacial score (nSPS) is 17.1. The smallest absolute Gasteiger partial charge is 0.354 e. The van der Waals surface area contributed by atoms with Gasteiger partial charge in [0.15, 0.2) is 0 Å². The van der Waals surface area contributed by atoms with Crippen molar-refractivity contribution >= 4 is 34.2 Å². The molecule has 1 fully saturated rings. The number of amides is 1. The Morgan fingerprint density at radius 2 is 1.66 bits per heavy atom. The maximum Gasteiger partial charge on any atom is 0.416 e. The Balaban J connectivity index is 1.53. The molecule has 2 heterocycles. The van der Waals surface area contributed by atoms with Gasteiger partial charge in [-0.3, -0.25) is 19.8 Å². The Morgan fingerprint density at radius 1 is 0.974 bits per heavy atom. The number of likely N-dealkylation sites (tertiary alicyclic amines) is 1. The molecule has 2 N–H and O–H groups in total. The fourth-order valence-corrected chi connectivity index (χ4v) is 4.84. The van der Waals surface area contributed by atoms with Gasteiger partial charge in [0.2, 0.25) is 0 Å². The number of hydrogen-bond donors (Lipinski definition) is 2. The number of benzene rings is 3. The summed E-state index contributed by atoms with van der Waals surface area (Å²) in [5, 5.41) is 17.3. The van der Waals surface area contributed by atoms with E-state index in [0.717, 1.165) is 37.3 Å². The lowest BCUT2D eigenvalue weighted by atomic mass is 9.98. The Labute approximate surface area is 217 Å². The maximum atomic E-state index is 13.2. The number of nitrogens with one attached hydrogen (secondary N) is 2. The van der Waals surface area contributed by atoms with Crippen LogP contribution in [0.1, 0.15) is 41.5 Å². The SMILES string of the molecule is O=C1Nc2ccc([N+](=O)[O-])cc2C1=C(Nc1ccc(CN2CCCCC2)cc1)c1ccc(C(F)(F)F)cc1. The van der Waals surface area contributed by atoms with E-state index in [4.69, 9.17) is 0 Å². The van der Waals surface area contributed by atoms with Crippen molar-refractivity contribution in [1.29, 1.82) is 0 Å². The number of rotatable bonds is 6. The third kappa shape index (κ3) is 5.40. The lowest BCUT2D eigenvalue weighted by Gasteiger charge is -2.26. The van der Waals surface area contributed by atoms with E-state index in [-0.39, 0.29) is 17.0 Å². The van der Waals surface area contributed by atoms with Crippen molar-refractivity contribution in [3.63, 3.8) is 0 Å². The molecule has 0 bridgehead atoms. The molecule has 196 valence electrons. The zero-order chi connectivity index (χ0) is 26.9. The summed E-state index contributed by atoms with van der Waals surface area (Å²) >= 11 is 0. The van der Waals surface area contributed by atoms with Gasteiger partial charge in [-0.05, 0) is 67.4 Å². The molecular formula is C28H25F3N4O3. The quantitative estimate of drug-likeness (QED) is 0.218. The molecule has 2 aliphatic heterocycles. The lowest BCUT2D eigenvalue weighted by molar-refractivity contribution is -0.384. The fourth-order valence-electron chi connectivity index (χ4n) is 4.84. The first kappa shape index (κ1) is 25.5. The van der Waals surface area contributed by atoms with Crippen molar-refractivity contribution in [2.75, 3.05) is 23.7 Å². The second-order valence-electron chi connectivity index (χ2n) is 9.42. The van der Waals surface area contributed by atoms with Gasteiger partial charge >= 0.3 is 6.18 Å². The van der Waals surface area contributed by atoms with Gasteiger partial charge in [0, 0.05) is 35.6 Å². The van der Waals surface area contributed by atoms with Crippen LogP contribution >= 0.6 is 0 Å². The molecule has 0 aliphatic carbocycles. The number of nitro groups is 1. The van der Waals surface area contributed by atoms with Crippen molar-refractivity contribution in [1.82, 2.24) is 4.90 Å². The highest BCUT2D eigenvalue weighted by molar-refractivity contribution is 6.37. The first-order valence-electron chi connectivity index (χ1n) is 12.3. The topological polar surface area (TPSA) is 87.5 Å². The fraction of sp³-hybridized carbons (Fsp3) is 0.250. The van der Waals surface area contributed by atoms with E-state index >= 15 is 0 Å². The van der Waals surface area contributed by atoms with Crippen LogP contribution in [0.5, 0.6) is 0 Å². The van der Waals surface area contributed by atoms with E-state index in [9.17, 15) is 28.1 Å². The van der Waals surface area contributed by atoms with Crippen LogP contribution in [-0.2, 0) is 17.5 Å². The van der Waals surface area contributed by atoms with Gasteiger partial charge in [-0.2, -0.15) is 13.2 Å². The third-order valence-corrected chi connectivity index (χ3v) is 6.79. The van der Waals surface area contributed by atoms with Gasteiger partial charge in [-0.1, -0.05) is 30.7 Å². The zero-order valence-corrected chi connectivity index (χ0v) is 20.3. The summed E-state index contributed by atoms with van der Waals surface area (Å²) in [6.45, 7) is 2.95. The average molecular weight is 523 g/mol. The number of carbonyl (C=O) groups excluding carboxylic acids is 1. The van der Waals surface area contributed by atoms with E-state index in [1.54, 1.807) is 0 Å². The van der Waals surface area contributed by atoms with Crippen LogP contribution in [0.25, 0.3) is 11.3 Å². The molecule has 0 saturated carbocycles. The molecule has 5 rings (SSSR count). The first-order valence-corrected chi connectivity index (χ1v) is 12.3. The molecule has 1 amide bonds. The summed E-state index contributed by atoms with van der Waals surface area (Å²) in [4.78, 5) is 26.3. The van der Waals surface area contributed by atoms with Gasteiger partial charge < -0.3 is 10.6 Å². The monoisotopic (exact) mass is 522 g/mol. The van der Waals surface area contributed by atoms with Gasteiger partial charge in [-0.15, -0.1) is 0 Å². The Hall–Kier alpha value is -4.18. The Bertz CT molecular complexity index is 1390. The summed E-state index contributed by atoms with van der Waals surface area (Å²) in [6.07, 6.45) is -0.890. The van der Waals surface area contributed by atoms with E-state index in [1.165, 1.54) is 49.6 Å². The number of alkyl halides is 3. The summed E-state index contributed by atoms with van der Waals surface area (Å²) in [7, 11) is 0. The highest BCUT2D eigenvalue weighted by atomic mass is 19.4. The van der Waals surface area contributed by atoms with Crippen molar-refractivity contribution in [2.45, 2.75) is 32.0 Å². The van der Waals surface area contributed by atoms with Crippen molar-refractivity contribution in [3.8, 4) is 0 Å². The molecule has 0 radical (unpaired) electrons. The predicted molar refractivity (Wildman–Crippen MR) is 139 cm³/mol. The molecule has 2 aliphatic rings. The predicted octanol–water partition coefficient (Wildman–Crippen LogP) is 6.53. The van der Waals surface area contributed by atoms with Crippen LogP contribution in [-0.4, -0.2) is 28.8 Å². The van der Waals surface area contributed by atoms with Crippen molar-refractivity contribution < 1.29 is 22.9 Å². The number of hydrogen-bond acceptors (Lipinski definition) is 5. The van der Waals surface area contributed by atoms with E-state index in [1.807, 2.05) is 24.3 Å².